The number of carbonyl (C=O) groups is 1. The third-order valence-electron chi connectivity index (χ3n) is 4.54. The lowest BCUT2D eigenvalue weighted by molar-refractivity contribution is -0.130. The molecule has 1 aliphatic heterocycles. The number of aryl methyl sites for hydroxylation is 1. The Morgan fingerprint density at radius 3 is 2.53 bits per heavy atom. The molecule has 0 unspecified atom stereocenters. The number of ketones is 1. The third kappa shape index (κ3) is 3.66. The molecule has 0 aromatic heterocycles. The molecule has 1 aromatic rings. The van der Waals surface area contributed by atoms with Crippen molar-refractivity contribution < 1.29 is 4.79 Å². The molecule has 1 aromatic carbocycles. The van der Waals surface area contributed by atoms with Crippen molar-refractivity contribution in [2.75, 3.05) is 13.1 Å². The summed E-state index contributed by atoms with van der Waals surface area (Å²) in [5.41, 5.74) is 1.31. The molecule has 2 nitrogen and oxygen atoms in total. The smallest absolute Gasteiger partial charge is 0.139 e. The van der Waals surface area contributed by atoms with E-state index in [-0.39, 0.29) is 5.41 Å². The van der Waals surface area contributed by atoms with Gasteiger partial charge in [-0.05, 0) is 50.8 Å². The number of carbonyl (C=O) groups excluding carboxylic acids is 1. The van der Waals surface area contributed by atoms with Crippen LogP contribution in [0.15, 0.2) is 30.3 Å². The maximum Gasteiger partial charge on any atom is 0.139 e. The molecule has 0 atom stereocenters. The molecule has 2 heteroatoms. The molecule has 1 N–H and O–H groups in total. The molecule has 0 amide bonds. The highest BCUT2D eigenvalue weighted by atomic mass is 16.1. The molecule has 0 spiro atoms. The van der Waals surface area contributed by atoms with Crippen molar-refractivity contribution in [3.8, 4) is 0 Å². The first kappa shape index (κ1) is 14.3. The van der Waals surface area contributed by atoms with Crippen LogP contribution in [-0.2, 0) is 11.2 Å². The maximum absolute atomic E-state index is 12.5. The van der Waals surface area contributed by atoms with Crippen LogP contribution in [0.1, 0.15) is 44.6 Å². The summed E-state index contributed by atoms with van der Waals surface area (Å²) in [7, 11) is 0. The van der Waals surface area contributed by atoms with Crippen LogP contribution in [0.25, 0.3) is 0 Å². The molecule has 19 heavy (non-hydrogen) atoms. The van der Waals surface area contributed by atoms with Gasteiger partial charge in [-0.15, -0.1) is 0 Å². The normalized spacial score (nSPS) is 18.2. The fraction of sp³-hybridized carbons (Fsp3) is 0.588. The van der Waals surface area contributed by atoms with Crippen molar-refractivity contribution in [2.24, 2.45) is 5.41 Å². The Morgan fingerprint density at radius 2 is 1.89 bits per heavy atom. The van der Waals surface area contributed by atoms with Gasteiger partial charge in [0.15, 0.2) is 0 Å². The zero-order valence-electron chi connectivity index (χ0n) is 12.0. The summed E-state index contributed by atoms with van der Waals surface area (Å²) in [5, 5.41) is 3.36. The van der Waals surface area contributed by atoms with Crippen molar-refractivity contribution in [3.63, 3.8) is 0 Å². The highest BCUT2D eigenvalue weighted by Crippen LogP contribution is 2.35. The summed E-state index contributed by atoms with van der Waals surface area (Å²) in [6.45, 7) is 4.16. The molecular formula is C17H25NO. The van der Waals surface area contributed by atoms with Gasteiger partial charge in [-0.2, -0.15) is 0 Å². The molecular weight excluding hydrogens is 234 g/mol. The van der Waals surface area contributed by atoms with Gasteiger partial charge in [0.25, 0.3) is 0 Å². The zero-order chi connectivity index (χ0) is 13.6. The summed E-state index contributed by atoms with van der Waals surface area (Å²) in [5.74, 6) is 0.493. The van der Waals surface area contributed by atoms with Gasteiger partial charge in [0.2, 0.25) is 0 Å². The molecule has 2 rings (SSSR count). The Kier molecular flexibility index (Phi) is 5.15. The second kappa shape index (κ2) is 6.85. The van der Waals surface area contributed by atoms with Crippen LogP contribution in [0.2, 0.25) is 0 Å². The van der Waals surface area contributed by atoms with Gasteiger partial charge >= 0.3 is 0 Å². The van der Waals surface area contributed by atoms with E-state index in [1.165, 1.54) is 5.56 Å². The highest BCUT2D eigenvalue weighted by molar-refractivity contribution is 5.84. The van der Waals surface area contributed by atoms with Gasteiger partial charge in [0, 0.05) is 11.8 Å². The number of Topliss-reactive ketones (excluding diaryl/α,β-unsaturated/α-hetero) is 1. The first-order valence-electron chi connectivity index (χ1n) is 7.55. The maximum atomic E-state index is 12.5. The molecule has 104 valence electrons. The number of nitrogens with one attached hydrogen (secondary N) is 1. The highest BCUT2D eigenvalue weighted by Gasteiger charge is 2.36. The van der Waals surface area contributed by atoms with Gasteiger partial charge in [-0.25, -0.2) is 0 Å². The lowest BCUT2D eigenvalue weighted by Crippen LogP contribution is -2.41. The Balaban J connectivity index is 1.83. The summed E-state index contributed by atoms with van der Waals surface area (Å²) in [6, 6.07) is 10.5. The largest absolute Gasteiger partial charge is 0.317 e. The molecule has 0 saturated carbocycles. The fourth-order valence-corrected chi connectivity index (χ4v) is 3.10. The quantitative estimate of drug-likeness (QED) is 0.848. The van der Waals surface area contributed by atoms with Crippen LogP contribution in [0.4, 0.5) is 0 Å². The van der Waals surface area contributed by atoms with E-state index < -0.39 is 0 Å². The zero-order valence-corrected chi connectivity index (χ0v) is 12.0. The van der Waals surface area contributed by atoms with Crippen molar-refractivity contribution in [1.82, 2.24) is 5.32 Å². The standard InChI is InChI=1S/C17H25NO/c1-2-17(11-13-18-14-12-17)16(19)10-6-9-15-7-4-3-5-8-15/h3-5,7-8,18H,2,6,9-14H2,1H3. The number of piperidine rings is 1. The Labute approximate surface area is 116 Å². The van der Waals surface area contributed by atoms with E-state index >= 15 is 0 Å². The van der Waals surface area contributed by atoms with Crippen LogP contribution in [-0.4, -0.2) is 18.9 Å². The minimum atomic E-state index is -0.0259. The molecule has 1 aliphatic rings. The molecule has 1 fully saturated rings. The van der Waals surface area contributed by atoms with E-state index in [1.54, 1.807) is 0 Å². The summed E-state index contributed by atoms with van der Waals surface area (Å²) in [6.07, 6.45) is 5.78. The van der Waals surface area contributed by atoms with Crippen molar-refractivity contribution >= 4 is 5.78 Å². The van der Waals surface area contributed by atoms with E-state index in [0.717, 1.165) is 51.6 Å². The number of benzene rings is 1. The summed E-state index contributed by atoms with van der Waals surface area (Å²) < 4.78 is 0. The van der Waals surface area contributed by atoms with E-state index in [1.807, 2.05) is 6.07 Å². The van der Waals surface area contributed by atoms with Gasteiger partial charge in [0.1, 0.15) is 5.78 Å². The second-order valence-corrected chi connectivity index (χ2v) is 5.65. The first-order chi connectivity index (χ1) is 9.27. The van der Waals surface area contributed by atoms with E-state index in [9.17, 15) is 4.79 Å². The van der Waals surface area contributed by atoms with Crippen LogP contribution in [0, 0.1) is 5.41 Å². The van der Waals surface area contributed by atoms with Crippen LogP contribution in [0.3, 0.4) is 0 Å². The minimum Gasteiger partial charge on any atom is -0.317 e. The van der Waals surface area contributed by atoms with Crippen molar-refractivity contribution in [3.05, 3.63) is 35.9 Å². The molecule has 0 aliphatic carbocycles. The number of hydrogen-bond acceptors (Lipinski definition) is 2. The van der Waals surface area contributed by atoms with Crippen LogP contribution >= 0.6 is 0 Å². The Bertz CT molecular complexity index is 393. The number of rotatable bonds is 6. The molecule has 1 heterocycles. The van der Waals surface area contributed by atoms with Crippen molar-refractivity contribution in [1.29, 1.82) is 0 Å². The van der Waals surface area contributed by atoms with E-state index in [4.69, 9.17) is 0 Å². The van der Waals surface area contributed by atoms with Gasteiger partial charge in [-0.1, -0.05) is 37.3 Å². The Morgan fingerprint density at radius 1 is 1.21 bits per heavy atom. The second-order valence-electron chi connectivity index (χ2n) is 5.65. The van der Waals surface area contributed by atoms with Gasteiger partial charge in [-0.3, -0.25) is 4.79 Å². The van der Waals surface area contributed by atoms with E-state index in [2.05, 4.69) is 36.5 Å². The van der Waals surface area contributed by atoms with Crippen molar-refractivity contribution in [2.45, 2.75) is 45.4 Å². The van der Waals surface area contributed by atoms with Crippen LogP contribution < -0.4 is 5.32 Å². The predicted molar refractivity (Wildman–Crippen MR) is 79.2 cm³/mol. The summed E-state index contributed by atoms with van der Waals surface area (Å²) >= 11 is 0. The van der Waals surface area contributed by atoms with Crippen LogP contribution in [0.5, 0.6) is 0 Å². The van der Waals surface area contributed by atoms with Gasteiger partial charge < -0.3 is 5.32 Å². The van der Waals surface area contributed by atoms with E-state index in [0.29, 0.717) is 5.78 Å². The lowest BCUT2D eigenvalue weighted by Gasteiger charge is -2.35. The third-order valence-corrected chi connectivity index (χ3v) is 4.54. The minimum absolute atomic E-state index is 0.0259. The van der Waals surface area contributed by atoms with Gasteiger partial charge in [0.05, 0.1) is 0 Å². The first-order valence-corrected chi connectivity index (χ1v) is 7.55. The Hall–Kier alpha value is -1.15. The SMILES string of the molecule is CCC1(C(=O)CCCc2ccccc2)CCNCC1. The lowest BCUT2D eigenvalue weighted by atomic mass is 9.72. The molecule has 0 radical (unpaired) electrons. The summed E-state index contributed by atoms with van der Waals surface area (Å²) in [4.78, 5) is 12.5. The fourth-order valence-electron chi connectivity index (χ4n) is 3.10. The topological polar surface area (TPSA) is 29.1 Å². The molecule has 0 bridgehead atoms. The molecule has 1 saturated heterocycles. The average molecular weight is 259 g/mol. The monoisotopic (exact) mass is 259 g/mol. The predicted octanol–water partition coefficient (Wildman–Crippen LogP) is 3.36. The average Bonchev–Trinajstić information content (AvgIpc) is 2.49. The number of hydrogen-bond donors (Lipinski definition) is 1.